The predicted octanol–water partition coefficient (Wildman–Crippen LogP) is 7.00. The maximum atomic E-state index is 2.45. The van der Waals surface area contributed by atoms with Gasteiger partial charge in [-0.3, -0.25) is 0 Å². The molecule has 1 heterocycles. The Balaban J connectivity index is 1.91. The molecule has 1 aromatic heterocycles. The average molecular weight is 312 g/mol. The van der Waals surface area contributed by atoms with Crippen molar-refractivity contribution < 1.29 is 0 Å². The Hall–Kier alpha value is -2.56. The van der Waals surface area contributed by atoms with Gasteiger partial charge in [-0.05, 0) is 39.2 Å². The molecule has 0 atom stereocenters. The first-order chi connectivity index (χ1) is 11.4. The SMILES string of the molecule is c1ccc(-c2cp(-c3ccccc3)cc2-c2ccccc2)cc1. The summed E-state index contributed by atoms with van der Waals surface area (Å²) in [4.78, 5) is 0. The molecule has 0 nitrogen and oxygen atoms in total. The summed E-state index contributed by atoms with van der Waals surface area (Å²) < 4.78 is 0. The summed E-state index contributed by atoms with van der Waals surface area (Å²) in [7, 11) is -0.390. The zero-order valence-electron chi connectivity index (χ0n) is 12.8. The quantitative estimate of drug-likeness (QED) is 0.382. The van der Waals surface area contributed by atoms with Gasteiger partial charge in [-0.2, -0.15) is 0 Å². The highest BCUT2D eigenvalue weighted by atomic mass is 31.1. The van der Waals surface area contributed by atoms with Crippen LogP contribution in [0.4, 0.5) is 0 Å². The van der Waals surface area contributed by atoms with E-state index >= 15 is 0 Å². The van der Waals surface area contributed by atoms with E-state index in [1.165, 1.54) is 27.6 Å². The van der Waals surface area contributed by atoms with Crippen LogP contribution in [0, 0.1) is 0 Å². The minimum atomic E-state index is -0.390. The van der Waals surface area contributed by atoms with Gasteiger partial charge in [0.1, 0.15) is 0 Å². The van der Waals surface area contributed by atoms with E-state index in [9.17, 15) is 0 Å². The molecule has 0 amide bonds. The Morgan fingerprint density at radius 2 is 0.826 bits per heavy atom. The van der Waals surface area contributed by atoms with Gasteiger partial charge in [0.05, 0.1) is 0 Å². The molecule has 0 fully saturated rings. The van der Waals surface area contributed by atoms with Gasteiger partial charge < -0.3 is 0 Å². The molecule has 3 aromatic carbocycles. The maximum Gasteiger partial charge on any atom is -0.00215 e. The molecule has 4 aromatic rings. The second kappa shape index (κ2) is 6.28. The molecule has 1 heteroatoms. The fraction of sp³-hybridized carbons (Fsp3) is 0. The first-order valence-corrected chi connectivity index (χ1v) is 9.28. The van der Waals surface area contributed by atoms with Crippen LogP contribution >= 0.6 is 7.53 Å². The van der Waals surface area contributed by atoms with Crippen LogP contribution in [0.1, 0.15) is 0 Å². The normalized spacial score (nSPS) is 10.6. The van der Waals surface area contributed by atoms with Crippen molar-refractivity contribution in [1.82, 2.24) is 0 Å². The molecule has 0 N–H and O–H groups in total. The van der Waals surface area contributed by atoms with Crippen molar-refractivity contribution in [3.8, 4) is 27.6 Å². The molecule has 0 bridgehead atoms. The lowest BCUT2D eigenvalue weighted by atomic mass is 9.99. The average Bonchev–Trinajstić information content (AvgIpc) is 3.09. The molecule has 0 aliphatic heterocycles. The van der Waals surface area contributed by atoms with Crippen LogP contribution in [-0.4, -0.2) is 0 Å². The summed E-state index contributed by atoms with van der Waals surface area (Å²) in [6.45, 7) is 0. The molecule has 0 radical (unpaired) electrons. The number of hydrogen-bond acceptors (Lipinski definition) is 0. The molecule has 0 saturated carbocycles. The minimum absolute atomic E-state index is 0.390. The third-order valence-electron chi connectivity index (χ3n) is 4.05. The van der Waals surface area contributed by atoms with Gasteiger partial charge in [0.15, 0.2) is 0 Å². The molecular weight excluding hydrogens is 295 g/mol. The van der Waals surface area contributed by atoms with E-state index in [1.54, 1.807) is 0 Å². The zero-order chi connectivity index (χ0) is 15.5. The summed E-state index contributed by atoms with van der Waals surface area (Å²) in [6, 6.07) is 32.2. The zero-order valence-corrected chi connectivity index (χ0v) is 13.7. The summed E-state index contributed by atoms with van der Waals surface area (Å²) in [5.41, 5.74) is 5.30. The highest BCUT2D eigenvalue weighted by Gasteiger charge is 2.12. The lowest BCUT2D eigenvalue weighted by Crippen LogP contribution is -1.78. The van der Waals surface area contributed by atoms with Crippen molar-refractivity contribution in [1.29, 1.82) is 0 Å². The Morgan fingerprint density at radius 1 is 0.435 bits per heavy atom. The fourth-order valence-corrected chi connectivity index (χ4v) is 4.92. The Kier molecular flexibility index (Phi) is 3.84. The van der Waals surface area contributed by atoms with Crippen LogP contribution in [0.2, 0.25) is 0 Å². The van der Waals surface area contributed by atoms with E-state index in [0.717, 1.165) is 0 Å². The van der Waals surface area contributed by atoms with E-state index in [0.29, 0.717) is 0 Å². The van der Waals surface area contributed by atoms with E-state index in [2.05, 4.69) is 103 Å². The largest absolute Gasteiger partial charge is 0.0921 e. The van der Waals surface area contributed by atoms with Crippen LogP contribution in [0.15, 0.2) is 103 Å². The van der Waals surface area contributed by atoms with Gasteiger partial charge in [0.2, 0.25) is 0 Å². The first kappa shape index (κ1) is 14.1. The highest BCUT2D eigenvalue weighted by Crippen LogP contribution is 2.49. The maximum absolute atomic E-state index is 2.45. The Labute approximate surface area is 138 Å². The molecular formula is C22H17P. The molecule has 23 heavy (non-hydrogen) atoms. The lowest BCUT2D eigenvalue weighted by Gasteiger charge is -2.04. The predicted molar refractivity (Wildman–Crippen MR) is 101 cm³/mol. The monoisotopic (exact) mass is 312 g/mol. The van der Waals surface area contributed by atoms with Crippen molar-refractivity contribution in [3.63, 3.8) is 0 Å². The van der Waals surface area contributed by atoms with E-state index in [4.69, 9.17) is 0 Å². The topological polar surface area (TPSA) is 0 Å². The van der Waals surface area contributed by atoms with Crippen LogP contribution in [0.25, 0.3) is 27.6 Å². The second-order valence-electron chi connectivity index (χ2n) is 5.56. The summed E-state index contributed by atoms with van der Waals surface area (Å²) in [6.07, 6.45) is 0. The Morgan fingerprint density at radius 3 is 1.26 bits per heavy atom. The third kappa shape index (κ3) is 2.86. The summed E-state index contributed by atoms with van der Waals surface area (Å²) in [5, 5.41) is 1.40. The number of rotatable bonds is 3. The highest BCUT2D eigenvalue weighted by molar-refractivity contribution is 7.56. The van der Waals surface area contributed by atoms with E-state index in [1.807, 2.05) is 0 Å². The summed E-state index contributed by atoms with van der Waals surface area (Å²) >= 11 is 0. The van der Waals surface area contributed by atoms with Gasteiger partial charge in [0, 0.05) is 0 Å². The lowest BCUT2D eigenvalue weighted by molar-refractivity contribution is 1.64. The second-order valence-corrected chi connectivity index (χ2v) is 7.41. The van der Waals surface area contributed by atoms with E-state index in [-0.39, 0.29) is 0 Å². The first-order valence-electron chi connectivity index (χ1n) is 7.80. The van der Waals surface area contributed by atoms with Crippen molar-refractivity contribution in [2.75, 3.05) is 0 Å². The molecule has 0 aliphatic rings. The number of hydrogen-bond donors (Lipinski definition) is 0. The molecule has 0 aliphatic carbocycles. The van der Waals surface area contributed by atoms with Crippen molar-refractivity contribution >= 4 is 7.53 Å². The molecule has 110 valence electrons. The third-order valence-corrected chi connectivity index (χ3v) is 6.02. The van der Waals surface area contributed by atoms with Gasteiger partial charge in [-0.25, -0.2) is 0 Å². The van der Waals surface area contributed by atoms with Crippen molar-refractivity contribution in [2.45, 2.75) is 0 Å². The smallest absolute Gasteiger partial charge is 0.00215 e. The molecule has 0 unspecified atom stereocenters. The summed E-state index contributed by atoms with van der Waals surface area (Å²) in [5.74, 6) is 4.89. The van der Waals surface area contributed by atoms with Crippen LogP contribution in [0.5, 0.6) is 0 Å². The fourth-order valence-electron chi connectivity index (χ4n) is 2.90. The molecule has 0 saturated heterocycles. The Bertz CT molecular complexity index is 834. The molecule has 4 rings (SSSR count). The number of benzene rings is 3. The van der Waals surface area contributed by atoms with Gasteiger partial charge in [-0.1, -0.05) is 98.5 Å². The van der Waals surface area contributed by atoms with Gasteiger partial charge in [0.25, 0.3) is 0 Å². The minimum Gasteiger partial charge on any atom is -0.0921 e. The van der Waals surface area contributed by atoms with Gasteiger partial charge in [-0.15, -0.1) is 0 Å². The van der Waals surface area contributed by atoms with Crippen LogP contribution in [0.3, 0.4) is 0 Å². The molecule has 0 spiro atoms. The van der Waals surface area contributed by atoms with E-state index < -0.39 is 7.53 Å². The standard InChI is InChI=1S/C22H17P/c1-4-10-18(11-5-1)21-16-23(20-14-8-3-9-15-20)17-22(21)19-12-6-2-7-13-19/h1-17H. The van der Waals surface area contributed by atoms with Gasteiger partial charge >= 0.3 is 0 Å². The van der Waals surface area contributed by atoms with Crippen LogP contribution in [-0.2, 0) is 0 Å². The van der Waals surface area contributed by atoms with Crippen molar-refractivity contribution in [3.05, 3.63) is 103 Å². The van der Waals surface area contributed by atoms with Crippen LogP contribution < -0.4 is 0 Å². The van der Waals surface area contributed by atoms with Crippen molar-refractivity contribution in [2.24, 2.45) is 0 Å².